The van der Waals surface area contributed by atoms with Gasteiger partial charge in [0.15, 0.2) is 0 Å². The number of hydrogen-bond donors (Lipinski definition) is 1. The molecule has 2 fully saturated rings. The zero-order chi connectivity index (χ0) is 24.1. The molecule has 0 aliphatic carbocycles. The Kier molecular flexibility index (Phi) is 8.15. The maximum Gasteiger partial charge on any atom is 0.334 e. The summed E-state index contributed by atoms with van der Waals surface area (Å²) in [6, 6.07) is 6.54. The van der Waals surface area contributed by atoms with Crippen molar-refractivity contribution in [3.63, 3.8) is 0 Å². The number of nitrogens with zero attached hydrogens (tertiary/aromatic N) is 4. The molecular weight excluding hydrogens is 426 g/mol. The number of benzene rings is 1. The van der Waals surface area contributed by atoms with Crippen LogP contribution in [-0.2, 0) is 20.9 Å². The van der Waals surface area contributed by atoms with E-state index in [1.54, 1.807) is 41.1 Å². The van der Waals surface area contributed by atoms with Gasteiger partial charge >= 0.3 is 6.03 Å². The Labute approximate surface area is 195 Å². The highest BCUT2D eigenvalue weighted by atomic mass is 16.5. The van der Waals surface area contributed by atoms with Crippen LogP contribution in [0, 0.1) is 5.92 Å². The summed E-state index contributed by atoms with van der Waals surface area (Å²) in [5.41, 5.74) is 0.926. The highest BCUT2D eigenvalue weighted by molar-refractivity contribution is 5.91. The average Bonchev–Trinajstić information content (AvgIpc) is 2.78. The predicted octanol–water partition coefficient (Wildman–Crippen LogP) is 1.13. The summed E-state index contributed by atoms with van der Waals surface area (Å²) in [5.74, 6) is 0.724. The Morgan fingerprint density at radius 1 is 1.18 bits per heavy atom. The van der Waals surface area contributed by atoms with Crippen molar-refractivity contribution in [2.24, 2.45) is 5.92 Å². The molecule has 1 aromatic carbocycles. The summed E-state index contributed by atoms with van der Waals surface area (Å²) >= 11 is 0. The number of ether oxygens (including phenoxy) is 2. The summed E-state index contributed by atoms with van der Waals surface area (Å²) in [5, 5.41) is 6.14. The first-order valence-electron chi connectivity index (χ1n) is 11.3. The van der Waals surface area contributed by atoms with Gasteiger partial charge in [0.25, 0.3) is 0 Å². The van der Waals surface area contributed by atoms with E-state index >= 15 is 0 Å². The SMILES string of the molecule is COCCN1C[C@H]2N(C(=O)CN(C)N2C(=O)NCc2ccc(OC)cc2)[C@@H](CC(C)C)C1=O. The third-order valence-electron chi connectivity index (χ3n) is 6.01. The van der Waals surface area contributed by atoms with Crippen LogP contribution in [0.1, 0.15) is 25.8 Å². The van der Waals surface area contributed by atoms with Crippen LogP contribution < -0.4 is 10.1 Å². The highest BCUT2D eigenvalue weighted by Gasteiger charge is 2.50. The molecule has 0 unspecified atom stereocenters. The van der Waals surface area contributed by atoms with Crippen molar-refractivity contribution < 1.29 is 23.9 Å². The van der Waals surface area contributed by atoms with Crippen molar-refractivity contribution in [2.75, 3.05) is 47.5 Å². The zero-order valence-corrected chi connectivity index (χ0v) is 20.1. The lowest BCUT2D eigenvalue weighted by molar-refractivity contribution is -0.188. The second kappa shape index (κ2) is 10.8. The molecule has 2 atom stereocenters. The zero-order valence-electron chi connectivity index (χ0n) is 20.1. The van der Waals surface area contributed by atoms with Gasteiger partial charge < -0.3 is 24.6 Å². The average molecular weight is 462 g/mol. The lowest BCUT2D eigenvalue weighted by Gasteiger charge is -2.54. The summed E-state index contributed by atoms with van der Waals surface area (Å²) in [7, 11) is 4.91. The molecule has 33 heavy (non-hydrogen) atoms. The second-order valence-electron chi connectivity index (χ2n) is 8.87. The van der Waals surface area contributed by atoms with Gasteiger partial charge in [-0.3, -0.25) is 9.59 Å². The molecule has 0 saturated carbocycles. The molecule has 2 aliphatic heterocycles. The number of hydrazine groups is 1. The molecule has 2 aliphatic rings. The van der Waals surface area contributed by atoms with Crippen LogP contribution in [0.25, 0.3) is 0 Å². The van der Waals surface area contributed by atoms with Crippen LogP contribution in [0.15, 0.2) is 24.3 Å². The van der Waals surface area contributed by atoms with Gasteiger partial charge in [0.05, 0.1) is 26.8 Å². The second-order valence-corrected chi connectivity index (χ2v) is 8.87. The maximum absolute atomic E-state index is 13.3. The fourth-order valence-electron chi connectivity index (χ4n) is 4.39. The molecule has 182 valence electrons. The van der Waals surface area contributed by atoms with E-state index in [0.717, 1.165) is 11.3 Å². The first kappa shape index (κ1) is 24.8. The van der Waals surface area contributed by atoms with Gasteiger partial charge in [0.1, 0.15) is 18.0 Å². The molecule has 0 aromatic heterocycles. The minimum Gasteiger partial charge on any atom is -0.497 e. The Bertz CT molecular complexity index is 846. The molecule has 2 saturated heterocycles. The van der Waals surface area contributed by atoms with Crippen molar-refractivity contribution >= 4 is 17.8 Å². The maximum atomic E-state index is 13.3. The molecule has 1 N–H and O–H groups in total. The van der Waals surface area contributed by atoms with E-state index in [1.807, 2.05) is 38.1 Å². The Hall–Kier alpha value is -2.85. The number of rotatable bonds is 8. The number of amides is 4. The summed E-state index contributed by atoms with van der Waals surface area (Å²) in [6.07, 6.45) is -0.0410. The van der Waals surface area contributed by atoms with Gasteiger partial charge in [-0.1, -0.05) is 26.0 Å². The van der Waals surface area contributed by atoms with Gasteiger partial charge in [-0.25, -0.2) is 14.8 Å². The normalized spacial score (nSPS) is 21.5. The number of methoxy groups -OCH3 is 2. The molecule has 4 amide bonds. The van der Waals surface area contributed by atoms with E-state index in [2.05, 4.69) is 5.32 Å². The molecule has 0 bridgehead atoms. The van der Waals surface area contributed by atoms with E-state index in [4.69, 9.17) is 9.47 Å². The molecule has 0 radical (unpaired) electrons. The van der Waals surface area contributed by atoms with Crippen molar-refractivity contribution in [2.45, 2.75) is 39.0 Å². The number of likely N-dealkylation sites (N-methyl/N-ethyl adjacent to an activating group) is 1. The van der Waals surface area contributed by atoms with Crippen molar-refractivity contribution in [1.82, 2.24) is 25.1 Å². The monoisotopic (exact) mass is 461 g/mol. The molecular formula is C23H35N5O5. The lowest BCUT2D eigenvalue weighted by Crippen LogP contribution is -2.76. The Morgan fingerprint density at radius 2 is 1.88 bits per heavy atom. The van der Waals surface area contributed by atoms with Gasteiger partial charge in [-0.2, -0.15) is 0 Å². The van der Waals surface area contributed by atoms with Gasteiger partial charge in [0, 0.05) is 27.2 Å². The fourth-order valence-corrected chi connectivity index (χ4v) is 4.39. The van der Waals surface area contributed by atoms with E-state index in [0.29, 0.717) is 26.1 Å². The largest absolute Gasteiger partial charge is 0.497 e. The number of carbonyl (C=O) groups is 3. The third-order valence-corrected chi connectivity index (χ3v) is 6.01. The van der Waals surface area contributed by atoms with Gasteiger partial charge in [-0.05, 0) is 30.0 Å². The van der Waals surface area contributed by atoms with E-state index in [-0.39, 0.29) is 36.9 Å². The number of hydrogen-bond acceptors (Lipinski definition) is 6. The van der Waals surface area contributed by atoms with E-state index in [1.165, 1.54) is 0 Å². The van der Waals surface area contributed by atoms with Crippen LogP contribution in [-0.4, -0.2) is 97.4 Å². The molecule has 3 rings (SSSR count). The summed E-state index contributed by atoms with van der Waals surface area (Å²) in [6.45, 7) is 5.45. The Morgan fingerprint density at radius 3 is 2.48 bits per heavy atom. The minimum atomic E-state index is -0.598. The number of fused-ring (bicyclic) bond motifs is 1. The molecule has 10 nitrogen and oxygen atoms in total. The fraction of sp³-hybridized carbons (Fsp3) is 0.609. The molecule has 10 heteroatoms. The van der Waals surface area contributed by atoms with Gasteiger partial charge in [0.2, 0.25) is 11.8 Å². The molecule has 0 spiro atoms. The minimum absolute atomic E-state index is 0.0341. The van der Waals surface area contributed by atoms with Crippen molar-refractivity contribution in [3.05, 3.63) is 29.8 Å². The topological polar surface area (TPSA) is 94.7 Å². The lowest BCUT2D eigenvalue weighted by atomic mass is 9.97. The predicted molar refractivity (Wildman–Crippen MR) is 122 cm³/mol. The van der Waals surface area contributed by atoms with Crippen LogP contribution in [0.2, 0.25) is 0 Å². The van der Waals surface area contributed by atoms with Crippen LogP contribution in [0.4, 0.5) is 4.79 Å². The van der Waals surface area contributed by atoms with Gasteiger partial charge in [-0.15, -0.1) is 0 Å². The number of carbonyl (C=O) groups excluding carboxylic acids is 3. The number of nitrogens with one attached hydrogen (secondary N) is 1. The number of urea groups is 1. The van der Waals surface area contributed by atoms with Crippen LogP contribution in [0.3, 0.4) is 0 Å². The summed E-state index contributed by atoms with van der Waals surface area (Å²) in [4.78, 5) is 42.8. The molecule has 1 aromatic rings. The quantitative estimate of drug-likeness (QED) is 0.624. The Balaban J connectivity index is 1.81. The van der Waals surface area contributed by atoms with Crippen LogP contribution in [0.5, 0.6) is 5.75 Å². The summed E-state index contributed by atoms with van der Waals surface area (Å²) < 4.78 is 10.4. The van der Waals surface area contributed by atoms with E-state index in [9.17, 15) is 14.4 Å². The van der Waals surface area contributed by atoms with Crippen molar-refractivity contribution in [1.29, 1.82) is 0 Å². The highest BCUT2D eigenvalue weighted by Crippen LogP contribution is 2.28. The van der Waals surface area contributed by atoms with E-state index < -0.39 is 12.2 Å². The smallest absolute Gasteiger partial charge is 0.334 e. The third kappa shape index (κ3) is 5.56. The van der Waals surface area contributed by atoms with Crippen LogP contribution >= 0.6 is 0 Å². The standard InChI is InChI=1S/C23H35N5O5/c1-16(2)12-19-22(30)26(10-11-32-4)14-20-27(19)21(29)15-25(3)28(20)23(31)24-13-17-6-8-18(33-5)9-7-17/h6-9,16,19-20H,10-15H2,1-5H3,(H,24,31)/t19-,20-/m0/s1. The number of piperazine rings is 1. The first-order valence-corrected chi connectivity index (χ1v) is 11.3. The first-order chi connectivity index (χ1) is 15.8. The molecule has 2 heterocycles. The van der Waals surface area contributed by atoms with Crippen molar-refractivity contribution in [3.8, 4) is 5.75 Å².